The van der Waals surface area contributed by atoms with E-state index in [0.717, 1.165) is 23.0 Å². The molecule has 9 rings (SSSR count). The van der Waals surface area contributed by atoms with Crippen molar-refractivity contribution in [2.75, 3.05) is 11.0 Å². The number of halogens is 7. The summed E-state index contributed by atoms with van der Waals surface area (Å²) in [6.45, 7) is 6.41. The lowest BCUT2D eigenvalue weighted by Gasteiger charge is -2.32. The fourth-order valence-electron chi connectivity index (χ4n) is 8.72. The van der Waals surface area contributed by atoms with Gasteiger partial charge in [0, 0.05) is 31.0 Å². The topological polar surface area (TPSA) is 164 Å². The molecule has 0 spiro atoms. The number of rotatable bonds is 11. The van der Waals surface area contributed by atoms with Gasteiger partial charge >= 0.3 is 7.12 Å². The predicted octanol–water partition coefficient (Wildman–Crippen LogP) is 6.32. The monoisotopic (exact) mass is 930 g/mol. The molecule has 14 nitrogen and oxygen atoms in total. The van der Waals surface area contributed by atoms with Crippen molar-refractivity contribution in [1.82, 2.24) is 34.4 Å². The maximum absolute atomic E-state index is 15.6. The maximum Gasteiger partial charge on any atom is 0.494 e. The van der Waals surface area contributed by atoms with Crippen molar-refractivity contribution < 1.29 is 48.9 Å². The number of anilines is 1. The van der Waals surface area contributed by atoms with Crippen LogP contribution >= 0.6 is 11.6 Å². The Bertz CT molecular complexity index is 3110. The molecule has 3 atom stereocenters. The third-order valence-electron chi connectivity index (χ3n) is 12.4. The number of benzene rings is 3. The van der Waals surface area contributed by atoms with Gasteiger partial charge in [0.15, 0.2) is 5.82 Å². The smallest absolute Gasteiger partial charge is 0.399 e. The molecule has 6 aromatic rings. The van der Waals surface area contributed by atoms with Crippen molar-refractivity contribution >= 4 is 67.7 Å². The van der Waals surface area contributed by atoms with Crippen LogP contribution in [-0.4, -0.2) is 68.0 Å². The second-order valence-corrected chi connectivity index (χ2v) is 19.5. The molecule has 3 aromatic heterocycles. The molecule has 3 aliphatic rings. The minimum Gasteiger partial charge on any atom is -0.399 e. The first-order chi connectivity index (χ1) is 29.8. The van der Waals surface area contributed by atoms with Crippen LogP contribution in [-0.2, 0) is 50.1 Å². The molecule has 3 aromatic carbocycles. The molecule has 23 heteroatoms. The fourth-order valence-corrected chi connectivity index (χ4v) is 9.46. The summed E-state index contributed by atoms with van der Waals surface area (Å²) in [5, 5.41) is 10.9. The number of carbonyl (C=O) groups is 1. The van der Waals surface area contributed by atoms with E-state index < -0.39 is 106 Å². The van der Waals surface area contributed by atoms with E-state index in [4.69, 9.17) is 25.9 Å². The quantitative estimate of drug-likeness (QED) is 0.112. The molecule has 0 radical (unpaired) electrons. The first-order valence-corrected chi connectivity index (χ1v) is 22.2. The van der Waals surface area contributed by atoms with E-state index in [2.05, 4.69) is 20.2 Å². The highest BCUT2D eigenvalue weighted by Crippen LogP contribution is 2.68. The van der Waals surface area contributed by atoms with Gasteiger partial charge in [-0.15, -0.1) is 0 Å². The second-order valence-electron chi connectivity index (χ2n) is 17.4. The predicted molar refractivity (Wildman–Crippen MR) is 224 cm³/mol. The lowest BCUT2D eigenvalue weighted by Crippen LogP contribution is -2.41. The van der Waals surface area contributed by atoms with E-state index in [9.17, 15) is 30.8 Å². The number of nitrogens with zero attached hydrogens (tertiary/aromatic N) is 6. The van der Waals surface area contributed by atoms with Gasteiger partial charge in [-0.2, -0.15) is 19.0 Å². The normalized spacial score (nSPS) is 19.9. The van der Waals surface area contributed by atoms with Crippen LogP contribution < -0.4 is 21.1 Å². The number of fused-ring (bicyclic) bond motifs is 5. The molecule has 2 aliphatic carbocycles. The molecule has 1 aliphatic heterocycles. The molecule has 1 saturated heterocycles. The molecular weight excluding hydrogens is 893 g/mol. The minimum atomic E-state index is -3.92. The van der Waals surface area contributed by atoms with Crippen molar-refractivity contribution in [1.29, 1.82) is 0 Å². The number of alkyl halides is 4. The zero-order chi connectivity index (χ0) is 46.2. The average Bonchev–Trinajstić information content (AvgIpc) is 3.62. The van der Waals surface area contributed by atoms with Crippen molar-refractivity contribution in [2.45, 2.75) is 82.6 Å². The Morgan fingerprint density at radius 1 is 1.02 bits per heavy atom. The van der Waals surface area contributed by atoms with Crippen LogP contribution in [0.15, 0.2) is 53.3 Å². The number of carbonyl (C=O) groups excluding carboxylic acids is 1. The summed E-state index contributed by atoms with van der Waals surface area (Å²) < 4.78 is 132. The lowest BCUT2D eigenvalue weighted by molar-refractivity contribution is -0.123. The largest absolute Gasteiger partial charge is 0.494 e. The number of hydrogen-bond donors (Lipinski definition) is 2. The molecule has 1 saturated carbocycles. The summed E-state index contributed by atoms with van der Waals surface area (Å²) in [5.74, 6) is -9.08. The van der Waals surface area contributed by atoms with Gasteiger partial charge in [-0.1, -0.05) is 17.7 Å². The fraction of sp³-hybridized carbons (Fsp3) is 0.390. The first-order valence-electron chi connectivity index (χ1n) is 19.9. The Morgan fingerprint density at radius 3 is 2.33 bits per heavy atom. The van der Waals surface area contributed by atoms with Gasteiger partial charge < -0.3 is 14.6 Å². The van der Waals surface area contributed by atoms with Crippen molar-refractivity contribution in [3.63, 3.8) is 0 Å². The molecule has 2 N–H and O–H groups in total. The third kappa shape index (κ3) is 7.31. The second kappa shape index (κ2) is 14.8. The molecule has 4 heterocycles. The van der Waals surface area contributed by atoms with Crippen molar-refractivity contribution in [3.8, 4) is 5.69 Å². The van der Waals surface area contributed by atoms with Crippen LogP contribution in [0.1, 0.15) is 80.8 Å². The van der Waals surface area contributed by atoms with Crippen LogP contribution in [0.25, 0.3) is 27.5 Å². The zero-order valence-electron chi connectivity index (χ0n) is 34.8. The van der Waals surface area contributed by atoms with Gasteiger partial charge in [0.25, 0.3) is 17.9 Å². The standard InChI is InChI=1S/C41H38BClF6N8O6S/c1-39(2)40(3,4)63-42(62-39)19-7-8-22-26(14-19)51-37(57(38(22)59)28-10-9-25(43)31-33(28)55(5)53-36(31)54-64(6,60)61)27(13-18-11-20(44)15-21(45)12-18)50-29(58)17-56-34-30(32(52-56)35(46)47)23-16-24(23)41(34,48)49/h7-12,14-15,23-24,27,35H,13,16-17H2,1-6H3,(H,50,58)(H,53,54)/t23-,24+,27+/m1/s1. The minimum absolute atomic E-state index is 0.00822. The summed E-state index contributed by atoms with van der Waals surface area (Å²) in [6.07, 6.45) is -2.79. The Balaban J connectivity index is 1.25. The number of aromatic nitrogens is 6. The van der Waals surface area contributed by atoms with Crippen LogP contribution in [0.4, 0.5) is 32.2 Å². The number of nitrogens with one attached hydrogen (secondary N) is 2. The zero-order valence-corrected chi connectivity index (χ0v) is 36.4. The molecule has 1 amide bonds. The Labute approximate surface area is 366 Å². The van der Waals surface area contributed by atoms with Gasteiger partial charge in [0.05, 0.1) is 56.0 Å². The Morgan fingerprint density at radius 2 is 1.69 bits per heavy atom. The number of amides is 1. The highest BCUT2D eigenvalue weighted by molar-refractivity contribution is 7.92. The van der Waals surface area contributed by atoms with Gasteiger partial charge in [0.1, 0.15) is 35.4 Å². The van der Waals surface area contributed by atoms with Crippen LogP contribution in [0, 0.1) is 17.6 Å². The lowest BCUT2D eigenvalue weighted by atomic mass is 9.79. The van der Waals surface area contributed by atoms with Crippen LogP contribution in [0.2, 0.25) is 5.02 Å². The summed E-state index contributed by atoms with van der Waals surface area (Å²) >= 11 is 6.65. The average molecular weight is 931 g/mol. The van der Waals surface area contributed by atoms with E-state index in [1.54, 1.807) is 6.07 Å². The molecule has 64 heavy (non-hydrogen) atoms. The Kier molecular flexibility index (Phi) is 10.1. The molecule has 2 fully saturated rings. The van der Waals surface area contributed by atoms with Crippen molar-refractivity contribution in [2.24, 2.45) is 13.0 Å². The molecule has 336 valence electrons. The number of aryl methyl sites for hydroxylation is 1. The summed E-state index contributed by atoms with van der Waals surface area (Å²) in [7, 11) is -3.39. The summed E-state index contributed by atoms with van der Waals surface area (Å²) in [4.78, 5) is 34.2. The van der Waals surface area contributed by atoms with E-state index in [-0.39, 0.29) is 61.7 Å². The first kappa shape index (κ1) is 43.8. The molecule has 0 unspecified atom stereocenters. The van der Waals surface area contributed by atoms with Gasteiger partial charge in [0.2, 0.25) is 15.9 Å². The number of sulfonamides is 1. The highest BCUT2D eigenvalue weighted by Gasteiger charge is 2.67. The highest BCUT2D eigenvalue weighted by atomic mass is 35.5. The SMILES string of the molecule is Cn1nc(NS(C)(=O)=O)c2c(Cl)ccc(-n3c([C@H](Cc4cc(F)cc(F)c4)NC(=O)Cn4nc(C(F)F)c5c4C(F)(F)[C@H]4C[C@@H]54)nc4cc(B5OC(C)(C)C(C)(C)O5)ccc4c3=O)c21. The van der Waals surface area contributed by atoms with Gasteiger partial charge in [-0.3, -0.25) is 28.2 Å². The van der Waals surface area contributed by atoms with Crippen molar-refractivity contribution in [3.05, 3.63) is 104 Å². The van der Waals surface area contributed by atoms with Gasteiger partial charge in [-0.05, 0) is 87.5 Å². The molecular formula is C41H38BClF6N8O6S. The maximum atomic E-state index is 15.6. The van der Waals surface area contributed by atoms with Crippen LogP contribution in [0.3, 0.4) is 0 Å². The third-order valence-corrected chi connectivity index (χ3v) is 13.2. The molecule has 0 bridgehead atoms. The van der Waals surface area contributed by atoms with E-state index in [0.29, 0.717) is 16.2 Å². The summed E-state index contributed by atoms with van der Waals surface area (Å²) in [6, 6.07) is 8.47. The number of hydrogen-bond acceptors (Lipinski definition) is 9. The van der Waals surface area contributed by atoms with E-state index in [1.165, 1.54) is 36.0 Å². The Hall–Kier alpha value is -5.45. The van der Waals surface area contributed by atoms with Gasteiger partial charge in [-0.25, -0.2) is 31.0 Å². The summed E-state index contributed by atoms with van der Waals surface area (Å²) in [5.41, 5.74) is -3.63. The van der Waals surface area contributed by atoms with E-state index >= 15 is 13.6 Å². The van der Waals surface area contributed by atoms with Crippen LogP contribution in [0.5, 0.6) is 0 Å². The van der Waals surface area contributed by atoms with E-state index in [1.807, 2.05) is 27.7 Å².